The molecule has 3 nitrogen and oxygen atoms in total. The average Bonchev–Trinajstić information content (AvgIpc) is 2.33. The van der Waals surface area contributed by atoms with Gasteiger partial charge in [0.05, 0.1) is 6.04 Å². The number of benzene rings is 1. The fourth-order valence-electron chi connectivity index (χ4n) is 2.46. The van der Waals surface area contributed by atoms with E-state index in [0.29, 0.717) is 0 Å². The van der Waals surface area contributed by atoms with Crippen LogP contribution in [0.5, 0.6) is 0 Å². The van der Waals surface area contributed by atoms with Crippen molar-refractivity contribution in [1.82, 2.24) is 4.90 Å². The first-order chi connectivity index (χ1) is 8.16. The molecule has 1 heterocycles. The van der Waals surface area contributed by atoms with Crippen molar-refractivity contribution in [2.24, 2.45) is 5.92 Å². The first-order valence-electron chi connectivity index (χ1n) is 6.02. The Morgan fingerprint density at radius 1 is 1.29 bits per heavy atom. The Morgan fingerprint density at radius 3 is 2.47 bits per heavy atom. The number of likely N-dealkylation sites (tertiary alicyclic amines) is 1. The molecule has 0 radical (unpaired) electrons. The van der Waals surface area contributed by atoms with Crippen LogP contribution in [0.1, 0.15) is 31.9 Å². The molecule has 1 amide bonds. The molecule has 3 heteroatoms. The zero-order valence-corrected chi connectivity index (χ0v) is 10.2. The van der Waals surface area contributed by atoms with Crippen LogP contribution >= 0.6 is 0 Å². The van der Waals surface area contributed by atoms with Crippen LogP contribution in [0.2, 0.25) is 0 Å². The lowest BCUT2D eigenvalue weighted by Crippen LogP contribution is -2.57. The summed E-state index contributed by atoms with van der Waals surface area (Å²) in [6.45, 7) is 4.26. The monoisotopic (exact) mass is 231 g/mol. The minimum Gasteiger partial charge on any atom is -0.334 e. The molecule has 1 aromatic carbocycles. The molecule has 0 aromatic heterocycles. The van der Waals surface area contributed by atoms with Gasteiger partial charge in [-0.25, -0.2) is 0 Å². The minimum absolute atomic E-state index is 0.0202. The number of carbonyl (C=O) groups is 2. The first kappa shape index (κ1) is 11.8. The predicted molar refractivity (Wildman–Crippen MR) is 65.4 cm³/mol. The van der Waals surface area contributed by atoms with E-state index in [9.17, 15) is 9.59 Å². The summed E-state index contributed by atoms with van der Waals surface area (Å²) < 4.78 is 0. The SMILES string of the molecule is CCCN1C(=O)C(C(C)=O)C1c1ccccc1. The fourth-order valence-corrected chi connectivity index (χ4v) is 2.46. The molecule has 0 N–H and O–H groups in total. The lowest BCUT2D eigenvalue weighted by atomic mass is 9.80. The number of nitrogens with zero attached hydrogens (tertiary/aromatic N) is 1. The first-order valence-corrected chi connectivity index (χ1v) is 6.02. The Hall–Kier alpha value is -1.64. The zero-order chi connectivity index (χ0) is 12.4. The second-order valence-electron chi connectivity index (χ2n) is 4.48. The van der Waals surface area contributed by atoms with E-state index < -0.39 is 5.92 Å². The van der Waals surface area contributed by atoms with Crippen molar-refractivity contribution >= 4 is 11.7 Å². The van der Waals surface area contributed by atoms with Crippen LogP contribution in [0.3, 0.4) is 0 Å². The summed E-state index contributed by atoms with van der Waals surface area (Å²) in [4.78, 5) is 25.2. The highest BCUT2D eigenvalue weighted by Crippen LogP contribution is 2.40. The van der Waals surface area contributed by atoms with E-state index in [1.807, 2.05) is 37.3 Å². The van der Waals surface area contributed by atoms with Crippen molar-refractivity contribution in [2.75, 3.05) is 6.54 Å². The van der Waals surface area contributed by atoms with Gasteiger partial charge >= 0.3 is 0 Å². The number of hydrogen-bond acceptors (Lipinski definition) is 2. The number of carbonyl (C=O) groups excluding carboxylic acids is 2. The molecule has 90 valence electrons. The largest absolute Gasteiger partial charge is 0.334 e. The summed E-state index contributed by atoms with van der Waals surface area (Å²) in [6.07, 6.45) is 0.916. The summed E-state index contributed by atoms with van der Waals surface area (Å²) in [5.41, 5.74) is 1.06. The molecule has 2 unspecified atom stereocenters. The van der Waals surface area contributed by atoms with Gasteiger partial charge in [-0.1, -0.05) is 37.3 Å². The van der Waals surface area contributed by atoms with Gasteiger partial charge in [0.15, 0.2) is 0 Å². The maximum Gasteiger partial charge on any atom is 0.236 e. The van der Waals surface area contributed by atoms with Crippen LogP contribution in [0.4, 0.5) is 0 Å². The second-order valence-corrected chi connectivity index (χ2v) is 4.48. The molecule has 1 aliphatic heterocycles. The van der Waals surface area contributed by atoms with Gasteiger partial charge in [-0.2, -0.15) is 0 Å². The number of Topliss-reactive ketones (excluding diaryl/α,β-unsaturated/α-hetero) is 1. The molecule has 1 fully saturated rings. The molecule has 17 heavy (non-hydrogen) atoms. The van der Waals surface area contributed by atoms with Gasteiger partial charge in [0.25, 0.3) is 0 Å². The molecule has 2 rings (SSSR count). The van der Waals surface area contributed by atoms with Crippen LogP contribution in [0, 0.1) is 5.92 Å². The predicted octanol–water partition coefficient (Wildman–Crippen LogP) is 2.19. The molecule has 1 aromatic rings. The molecule has 0 spiro atoms. The van der Waals surface area contributed by atoms with Crippen molar-refractivity contribution < 1.29 is 9.59 Å². The lowest BCUT2D eigenvalue weighted by molar-refractivity contribution is -0.161. The van der Waals surface area contributed by atoms with E-state index in [0.717, 1.165) is 18.5 Å². The van der Waals surface area contributed by atoms with Crippen LogP contribution in [0.25, 0.3) is 0 Å². The summed E-state index contributed by atoms with van der Waals surface area (Å²) in [6, 6.07) is 9.74. The number of rotatable bonds is 4. The van der Waals surface area contributed by atoms with Crippen LogP contribution < -0.4 is 0 Å². The van der Waals surface area contributed by atoms with E-state index in [1.54, 1.807) is 4.90 Å². The summed E-state index contributed by atoms with van der Waals surface area (Å²) in [5.74, 6) is -0.520. The van der Waals surface area contributed by atoms with Crippen LogP contribution in [-0.4, -0.2) is 23.1 Å². The smallest absolute Gasteiger partial charge is 0.236 e. The molecule has 1 aliphatic rings. The quantitative estimate of drug-likeness (QED) is 0.588. The topological polar surface area (TPSA) is 37.4 Å². The molecular weight excluding hydrogens is 214 g/mol. The zero-order valence-electron chi connectivity index (χ0n) is 10.2. The van der Waals surface area contributed by atoms with E-state index in [2.05, 4.69) is 0 Å². The molecule has 0 bridgehead atoms. The minimum atomic E-state index is -0.469. The van der Waals surface area contributed by atoms with Crippen molar-refractivity contribution in [1.29, 1.82) is 0 Å². The number of amides is 1. The Kier molecular flexibility index (Phi) is 3.27. The Bertz CT molecular complexity index is 427. The Morgan fingerprint density at radius 2 is 1.94 bits per heavy atom. The third kappa shape index (κ3) is 1.97. The van der Waals surface area contributed by atoms with E-state index in [1.165, 1.54) is 6.92 Å². The summed E-state index contributed by atoms with van der Waals surface area (Å²) in [5, 5.41) is 0. The van der Waals surface area contributed by atoms with Gasteiger partial charge in [0.1, 0.15) is 11.7 Å². The number of ketones is 1. The highest BCUT2D eigenvalue weighted by atomic mass is 16.2. The maximum absolute atomic E-state index is 11.9. The molecule has 2 atom stereocenters. The second kappa shape index (κ2) is 4.70. The van der Waals surface area contributed by atoms with Crippen molar-refractivity contribution in [2.45, 2.75) is 26.3 Å². The van der Waals surface area contributed by atoms with Gasteiger partial charge < -0.3 is 4.90 Å². The third-order valence-electron chi connectivity index (χ3n) is 3.24. The van der Waals surface area contributed by atoms with Gasteiger partial charge in [-0.15, -0.1) is 0 Å². The molecule has 0 saturated carbocycles. The highest BCUT2D eigenvalue weighted by molar-refractivity contribution is 6.05. The summed E-state index contributed by atoms with van der Waals surface area (Å²) >= 11 is 0. The highest BCUT2D eigenvalue weighted by Gasteiger charge is 2.49. The maximum atomic E-state index is 11.9. The third-order valence-corrected chi connectivity index (χ3v) is 3.24. The van der Waals surface area contributed by atoms with Gasteiger partial charge in [-0.3, -0.25) is 9.59 Å². The van der Waals surface area contributed by atoms with Crippen LogP contribution in [0.15, 0.2) is 30.3 Å². The van der Waals surface area contributed by atoms with Crippen molar-refractivity contribution in [3.8, 4) is 0 Å². The summed E-state index contributed by atoms with van der Waals surface area (Å²) in [7, 11) is 0. The molecule has 1 saturated heterocycles. The van der Waals surface area contributed by atoms with E-state index >= 15 is 0 Å². The number of β-lactam (4-membered cyclic amide) rings is 1. The molecule has 0 aliphatic carbocycles. The fraction of sp³-hybridized carbons (Fsp3) is 0.429. The van der Waals surface area contributed by atoms with Crippen LogP contribution in [-0.2, 0) is 9.59 Å². The van der Waals surface area contributed by atoms with Gasteiger partial charge in [0, 0.05) is 6.54 Å². The lowest BCUT2D eigenvalue weighted by Gasteiger charge is -2.46. The average molecular weight is 231 g/mol. The van der Waals surface area contributed by atoms with Gasteiger partial charge in [-0.05, 0) is 18.9 Å². The number of hydrogen-bond donors (Lipinski definition) is 0. The van der Waals surface area contributed by atoms with E-state index in [4.69, 9.17) is 0 Å². The molecular formula is C14H17NO2. The standard InChI is InChI=1S/C14H17NO2/c1-3-9-15-13(11-7-5-4-6-8-11)12(10(2)16)14(15)17/h4-8,12-13H,3,9H2,1-2H3. The Balaban J connectivity index is 2.27. The van der Waals surface area contributed by atoms with Gasteiger partial charge in [0.2, 0.25) is 5.91 Å². The van der Waals surface area contributed by atoms with E-state index in [-0.39, 0.29) is 17.7 Å². The Labute approximate surface area is 101 Å². The van der Waals surface area contributed by atoms with Crippen molar-refractivity contribution in [3.05, 3.63) is 35.9 Å². The normalized spacial score (nSPS) is 23.4. The van der Waals surface area contributed by atoms with Crippen molar-refractivity contribution in [3.63, 3.8) is 0 Å².